The minimum atomic E-state index is -1.01. The monoisotopic (exact) mass is 422 g/mol. The molecule has 1 heterocycles. The molecule has 0 radical (unpaired) electrons. The fourth-order valence-corrected chi connectivity index (χ4v) is 2.87. The van der Waals surface area contributed by atoms with Crippen LogP contribution < -0.4 is 16.2 Å². The van der Waals surface area contributed by atoms with Gasteiger partial charge in [0.1, 0.15) is 5.82 Å². The van der Waals surface area contributed by atoms with Gasteiger partial charge in [-0.15, -0.1) is 0 Å². The predicted molar refractivity (Wildman–Crippen MR) is 116 cm³/mol. The molecule has 0 aliphatic rings. The molecule has 0 unspecified atom stereocenters. The molecule has 31 heavy (non-hydrogen) atoms. The Kier molecular flexibility index (Phi) is 6.76. The van der Waals surface area contributed by atoms with Crippen LogP contribution in [-0.2, 0) is 25.5 Å². The quantitative estimate of drug-likeness (QED) is 0.501. The molecular weight excluding hydrogens is 400 g/mol. The van der Waals surface area contributed by atoms with Gasteiger partial charge in [0.25, 0.3) is 11.5 Å². The maximum atomic E-state index is 12.3. The maximum Gasteiger partial charge on any atom is 0.307 e. The van der Waals surface area contributed by atoms with Gasteiger partial charge in [0.2, 0.25) is 5.91 Å². The smallest absolute Gasteiger partial charge is 0.307 e. The third-order valence-corrected chi connectivity index (χ3v) is 4.38. The number of carbonyl (C=O) groups is 3. The molecule has 3 N–H and O–H groups in total. The van der Waals surface area contributed by atoms with Gasteiger partial charge < -0.3 is 20.4 Å². The number of para-hydroxylation sites is 1. The Bertz CT molecular complexity index is 1170. The standard InChI is InChI=1S/C22H22N4O5/c1-13(21(29)24-16-9-7-15(8-10-16)23-14(2)27)31-20(28)12-11-19-25-18-6-4-3-5-17(18)22(30)26-19/h3-10,13H,11-12H2,1-2H3,(H,23,27)(H,24,29)(H,25,26,30)/t13-/m1/s1. The van der Waals surface area contributed by atoms with Crippen LogP contribution in [0.4, 0.5) is 11.4 Å². The highest BCUT2D eigenvalue weighted by atomic mass is 16.5. The fraction of sp³-hybridized carbons (Fsp3) is 0.227. The van der Waals surface area contributed by atoms with Crippen molar-refractivity contribution in [2.24, 2.45) is 0 Å². The molecule has 1 atom stereocenters. The van der Waals surface area contributed by atoms with Crippen LogP contribution in [0.2, 0.25) is 0 Å². The van der Waals surface area contributed by atoms with Crippen molar-refractivity contribution in [3.8, 4) is 0 Å². The summed E-state index contributed by atoms with van der Waals surface area (Å²) < 4.78 is 5.17. The van der Waals surface area contributed by atoms with Gasteiger partial charge in [0.05, 0.1) is 17.3 Å². The van der Waals surface area contributed by atoms with Crippen LogP contribution in [0.5, 0.6) is 0 Å². The molecule has 9 nitrogen and oxygen atoms in total. The first-order valence-electron chi connectivity index (χ1n) is 9.68. The van der Waals surface area contributed by atoms with Gasteiger partial charge in [-0.05, 0) is 43.3 Å². The number of aryl methyl sites for hydroxylation is 1. The van der Waals surface area contributed by atoms with E-state index in [9.17, 15) is 19.2 Å². The summed E-state index contributed by atoms with van der Waals surface area (Å²) in [6.45, 7) is 2.87. The molecule has 160 valence electrons. The van der Waals surface area contributed by atoms with Crippen molar-refractivity contribution in [2.75, 3.05) is 10.6 Å². The lowest BCUT2D eigenvalue weighted by molar-refractivity contribution is -0.153. The number of hydrogen-bond donors (Lipinski definition) is 3. The summed E-state index contributed by atoms with van der Waals surface area (Å²) in [4.78, 5) is 54.5. The summed E-state index contributed by atoms with van der Waals surface area (Å²) in [5.74, 6) is -0.894. The number of amides is 2. The van der Waals surface area contributed by atoms with Crippen molar-refractivity contribution in [1.29, 1.82) is 0 Å². The van der Waals surface area contributed by atoms with Gasteiger partial charge >= 0.3 is 5.97 Å². The zero-order valence-corrected chi connectivity index (χ0v) is 17.1. The van der Waals surface area contributed by atoms with E-state index in [-0.39, 0.29) is 24.3 Å². The SMILES string of the molecule is CC(=O)Nc1ccc(NC(=O)[C@@H](C)OC(=O)CCc2nc3ccccc3c(=O)[nH]2)cc1. The number of nitrogens with zero attached hydrogens (tertiary/aromatic N) is 1. The van der Waals surface area contributed by atoms with E-state index >= 15 is 0 Å². The number of H-pyrrole nitrogens is 1. The highest BCUT2D eigenvalue weighted by Crippen LogP contribution is 2.14. The number of nitrogens with one attached hydrogen (secondary N) is 3. The molecule has 9 heteroatoms. The summed E-state index contributed by atoms with van der Waals surface area (Å²) in [5, 5.41) is 5.74. The second-order valence-electron chi connectivity index (χ2n) is 6.91. The highest BCUT2D eigenvalue weighted by Gasteiger charge is 2.18. The van der Waals surface area contributed by atoms with Crippen LogP contribution in [0.15, 0.2) is 53.3 Å². The normalized spacial score (nSPS) is 11.5. The molecule has 0 bridgehead atoms. The van der Waals surface area contributed by atoms with Crippen LogP contribution in [0.3, 0.4) is 0 Å². The molecule has 2 amide bonds. The summed E-state index contributed by atoms with van der Waals surface area (Å²) in [6.07, 6.45) is -0.867. The van der Waals surface area contributed by atoms with E-state index in [2.05, 4.69) is 20.6 Å². The highest BCUT2D eigenvalue weighted by molar-refractivity contribution is 5.95. The average molecular weight is 422 g/mol. The minimum Gasteiger partial charge on any atom is -0.453 e. The van der Waals surface area contributed by atoms with Crippen LogP contribution in [0.1, 0.15) is 26.1 Å². The van der Waals surface area contributed by atoms with Crippen LogP contribution in [0.25, 0.3) is 10.9 Å². The number of esters is 1. The molecular formula is C22H22N4O5. The van der Waals surface area contributed by atoms with Crippen LogP contribution >= 0.6 is 0 Å². The Morgan fingerprint density at radius 3 is 2.35 bits per heavy atom. The lowest BCUT2D eigenvalue weighted by Gasteiger charge is -2.14. The van der Waals surface area contributed by atoms with Crippen molar-refractivity contribution in [1.82, 2.24) is 9.97 Å². The lowest BCUT2D eigenvalue weighted by atomic mass is 10.2. The Labute approximate surface area is 177 Å². The fourth-order valence-electron chi connectivity index (χ4n) is 2.87. The molecule has 3 rings (SSSR count). The first-order chi connectivity index (χ1) is 14.8. The number of aromatic amines is 1. The van der Waals surface area contributed by atoms with Crippen molar-refractivity contribution < 1.29 is 19.1 Å². The van der Waals surface area contributed by atoms with Gasteiger partial charge in [0, 0.05) is 24.7 Å². The van der Waals surface area contributed by atoms with E-state index in [1.807, 2.05) is 0 Å². The molecule has 0 fully saturated rings. The van der Waals surface area contributed by atoms with Crippen molar-refractivity contribution >= 4 is 40.1 Å². The molecule has 2 aromatic carbocycles. The number of aromatic nitrogens is 2. The summed E-state index contributed by atoms with van der Waals surface area (Å²) in [6, 6.07) is 13.5. The van der Waals surface area contributed by atoms with Crippen LogP contribution in [0, 0.1) is 0 Å². The van der Waals surface area contributed by atoms with Gasteiger partial charge in [-0.3, -0.25) is 19.2 Å². The number of ether oxygens (including phenoxy) is 1. The van der Waals surface area contributed by atoms with Crippen molar-refractivity contribution in [3.63, 3.8) is 0 Å². The second-order valence-corrected chi connectivity index (χ2v) is 6.91. The van der Waals surface area contributed by atoms with E-state index in [4.69, 9.17) is 4.74 Å². The molecule has 0 aliphatic carbocycles. The van der Waals surface area contributed by atoms with Gasteiger partial charge in [0.15, 0.2) is 6.10 Å². The Hall–Kier alpha value is -4.01. The predicted octanol–water partition coefficient (Wildman–Crippen LogP) is 2.38. The molecule has 0 aliphatic heterocycles. The van der Waals surface area contributed by atoms with E-state index in [0.29, 0.717) is 28.1 Å². The first-order valence-corrected chi connectivity index (χ1v) is 9.68. The zero-order chi connectivity index (χ0) is 22.4. The van der Waals surface area contributed by atoms with Crippen LogP contribution in [-0.4, -0.2) is 33.9 Å². The minimum absolute atomic E-state index is 0.0374. The van der Waals surface area contributed by atoms with E-state index in [1.54, 1.807) is 48.5 Å². The van der Waals surface area contributed by atoms with Gasteiger partial charge in [-0.1, -0.05) is 12.1 Å². The van der Waals surface area contributed by atoms with Crippen molar-refractivity contribution in [2.45, 2.75) is 32.8 Å². The summed E-state index contributed by atoms with van der Waals surface area (Å²) >= 11 is 0. The third-order valence-electron chi connectivity index (χ3n) is 4.38. The van der Waals surface area contributed by atoms with E-state index < -0.39 is 18.0 Å². The molecule has 3 aromatic rings. The van der Waals surface area contributed by atoms with Crippen molar-refractivity contribution in [3.05, 3.63) is 64.7 Å². The second kappa shape index (κ2) is 9.66. The number of fused-ring (bicyclic) bond motifs is 1. The number of anilines is 2. The molecule has 0 saturated carbocycles. The summed E-state index contributed by atoms with van der Waals surface area (Å²) in [7, 11) is 0. The molecule has 0 spiro atoms. The van der Waals surface area contributed by atoms with Gasteiger partial charge in [-0.25, -0.2) is 4.98 Å². The Morgan fingerprint density at radius 2 is 1.68 bits per heavy atom. The Morgan fingerprint density at radius 1 is 1.03 bits per heavy atom. The number of hydrogen-bond acceptors (Lipinski definition) is 6. The third kappa shape index (κ3) is 5.99. The number of benzene rings is 2. The zero-order valence-electron chi connectivity index (χ0n) is 17.1. The van der Waals surface area contributed by atoms with E-state index in [1.165, 1.54) is 13.8 Å². The lowest BCUT2D eigenvalue weighted by Crippen LogP contribution is -2.30. The Balaban J connectivity index is 1.51. The topological polar surface area (TPSA) is 130 Å². The maximum absolute atomic E-state index is 12.3. The first kappa shape index (κ1) is 21.7. The number of rotatable bonds is 7. The largest absolute Gasteiger partial charge is 0.453 e. The summed E-state index contributed by atoms with van der Waals surface area (Å²) in [5.41, 5.74) is 1.38. The average Bonchev–Trinajstić information content (AvgIpc) is 2.73. The number of carbonyl (C=O) groups excluding carboxylic acids is 3. The van der Waals surface area contributed by atoms with Gasteiger partial charge in [-0.2, -0.15) is 0 Å². The van der Waals surface area contributed by atoms with E-state index in [0.717, 1.165) is 0 Å². The molecule has 1 aromatic heterocycles. The molecule has 0 saturated heterocycles.